The predicted molar refractivity (Wildman–Crippen MR) is 68.2 cm³/mol. The molecule has 0 aliphatic rings. The molecule has 1 atom stereocenters. The maximum Gasteiger partial charge on any atom is 0.149 e. The standard InChI is InChI=1S/C14H13F2NO2/c1-8(9-5-10(18)7-11(19)6-9)17-14-12(15)3-2-4-13(14)16/h2-8,17-19H,1H3. The molecule has 2 aromatic carbocycles. The number of nitrogens with one attached hydrogen (secondary N) is 1. The Balaban J connectivity index is 2.28. The van der Waals surface area contributed by atoms with Crippen LogP contribution in [0.1, 0.15) is 18.5 Å². The van der Waals surface area contributed by atoms with Crippen LogP contribution in [-0.4, -0.2) is 10.2 Å². The van der Waals surface area contributed by atoms with E-state index < -0.39 is 17.7 Å². The van der Waals surface area contributed by atoms with Gasteiger partial charge in [-0.15, -0.1) is 0 Å². The van der Waals surface area contributed by atoms with Gasteiger partial charge in [0.15, 0.2) is 0 Å². The third-order valence-electron chi connectivity index (χ3n) is 2.75. The first-order chi connectivity index (χ1) is 8.97. The molecule has 3 N–H and O–H groups in total. The third kappa shape index (κ3) is 2.93. The fourth-order valence-electron chi connectivity index (χ4n) is 1.80. The summed E-state index contributed by atoms with van der Waals surface area (Å²) in [6.45, 7) is 1.67. The van der Waals surface area contributed by atoms with Gasteiger partial charge in [-0.1, -0.05) is 6.07 Å². The number of rotatable bonds is 3. The first-order valence-electron chi connectivity index (χ1n) is 5.71. The molecule has 5 heteroatoms. The van der Waals surface area contributed by atoms with Crippen LogP contribution >= 0.6 is 0 Å². The van der Waals surface area contributed by atoms with Crippen molar-refractivity contribution < 1.29 is 19.0 Å². The molecule has 100 valence electrons. The fourth-order valence-corrected chi connectivity index (χ4v) is 1.80. The van der Waals surface area contributed by atoms with Crippen molar-refractivity contribution >= 4 is 5.69 Å². The van der Waals surface area contributed by atoms with Crippen LogP contribution < -0.4 is 5.32 Å². The number of hydrogen-bond donors (Lipinski definition) is 3. The monoisotopic (exact) mass is 265 g/mol. The lowest BCUT2D eigenvalue weighted by atomic mass is 10.1. The smallest absolute Gasteiger partial charge is 0.149 e. The van der Waals surface area contributed by atoms with Crippen molar-refractivity contribution in [2.24, 2.45) is 0 Å². The largest absolute Gasteiger partial charge is 0.508 e. The summed E-state index contributed by atoms with van der Waals surface area (Å²) in [6.07, 6.45) is 0. The van der Waals surface area contributed by atoms with Gasteiger partial charge in [0.05, 0.1) is 0 Å². The van der Waals surface area contributed by atoms with E-state index >= 15 is 0 Å². The van der Waals surface area contributed by atoms with Crippen LogP contribution in [0.5, 0.6) is 11.5 Å². The molecule has 0 spiro atoms. The maximum absolute atomic E-state index is 13.5. The molecule has 19 heavy (non-hydrogen) atoms. The Morgan fingerprint density at radius 1 is 1.00 bits per heavy atom. The van der Waals surface area contributed by atoms with Crippen molar-refractivity contribution in [1.29, 1.82) is 0 Å². The molecule has 0 bridgehead atoms. The molecule has 0 radical (unpaired) electrons. The van der Waals surface area contributed by atoms with E-state index in [2.05, 4.69) is 5.32 Å². The summed E-state index contributed by atoms with van der Waals surface area (Å²) >= 11 is 0. The second kappa shape index (κ2) is 5.14. The Morgan fingerprint density at radius 2 is 1.53 bits per heavy atom. The van der Waals surface area contributed by atoms with Crippen LogP contribution in [0.2, 0.25) is 0 Å². The minimum atomic E-state index is -0.698. The second-order valence-electron chi connectivity index (χ2n) is 4.25. The zero-order valence-electron chi connectivity index (χ0n) is 10.2. The van der Waals surface area contributed by atoms with Gasteiger partial charge in [0.1, 0.15) is 28.8 Å². The molecule has 1 unspecified atom stereocenters. The zero-order chi connectivity index (χ0) is 14.0. The molecular formula is C14H13F2NO2. The number of para-hydroxylation sites is 1. The zero-order valence-corrected chi connectivity index (χ0v) is 10.2. The average Bonchev–Trinajstić information content (AvgIpc) is 2.32. The lowest BCUT2D eigenvalue weighted by Crippen LogP contribution is -2.09. The van der Waals surface area contributed by atoms with Crippen LogP contribution in [0, 0.1) is 11.6 Å². The van der Waals surface area contributed by atoms with Crippen molar-refractivity contribution in [3.8, 4) is 11.5 Å². The molecule has 2 rings (SSSR count). The molecule has 0 aliphatic heterocycles. The fraction of sp³-hybridized carbons (Fsp3) is 0.143. The van der Waals surface area contributed by atoms with Crippen LogP contribution in [0.4, 0.5) is 14.5 Å². The summed E-state index contributed by atoms with van der Waals surface area (Å²) in [5.41, 5.74) is 0.276. The highest BCUT2D eigenvalue weighted by atomic mass is 19.1. The number of halogens is 2. The number of phenols is 2. The topological polar surface area (TPSA) is 52.5 Å². The summed E-state index contributed by atoms with van der Waals surface area (Å²) in [5, 5.41) is 21.4. The van der Waals surface area contributed by atoms with Crippen LogP contribution in [-0.2, 0) is 0 Å². The van der Waals surface area contributed by atoms with E-state index in [1.165, 1.54) is 24.3 Å². The lowest BCUT2D eigenvalue weighted by Gasteiger charge is -2.17. The maximum atomic E-state index is 13.5. The molecule has 0 fully saturated rings. The summed E-state index contributed by atoms with van der Waals surface area (Å²) in [5.74, 6) is -1.62. The van der Waals surface area contributed by atoms with Crippen molar-refractivity contribution in [3.63, 3.8) is 0 Å². The van der Waals surface area contributed by atoms with E-state index in [4.69, 9.17) is 0 Å². The Bertz CT molecular complexity index is 561. The molecule has 0 saturated carbocycles. The highest BCUT2D eigenvalue weighted by Gasteiger charge is 2.13. The van der Waals surface area contributed by atoms with Crippen molar-refractivity contribution in [3.05, 3.63) is 53.6 Å². The Labute approximate surface area is 109 Å². The highest BCUT2D eigenvalue weighted by molar-refractivity contribution is 5.49. The van der Waals surface area contributed by atoms with Gasteiger partial charge in [-0.25, -0.2) is 8.78 Å². The summed E-state index contributed by atoms with van der Waals surface area (Å²) in [6, 6.07) is 7.10. The minimum absolute atomic E-state index is 0.113. The van der Waals surface area contributed by atoms with Gasteiger partial charge < -0.3 is 15.5 Å². The lowest BCUT2D eigenvalue weighted by molar-refractivity contribution is 0.448. The van der Waals surface area contributed by atoms with Gasteiger partial charge in [0, 0.05) is 12.1 Å². The van der Waals surface area contributed by atoms with E-state index in [1.54, 1.807) is 6.92 Å². The highest BCUT2D eigenvalue weighted by Crippen LogP contribution is 2.28. The van der Waals surface area contributed by atoms with Crippen LogP contribution in [0.15, 0.2) is 36.4 Å². The summed E-state index contributed by atoms with van der Waals surface area (Å²) < 4.78 is 27.0. The van der Waals surface area contributed by atoms with Gasteiger partial charge in [0.2, 0.25) is 0 Å². The summed E-state index contributed by atoms with van der Waals surface area (Å²) in [7, 11) is 0. The number of aromatic hydroxyl groups is 2. The Kier molecular flexibility index (Phi) is 3.55. The van der Waals surface area contributed by atoms with E-state index in [1.807, 2.05) is 0 Å². The molecular weight excluding hydrogens is 252 g/mol. The van der Waals surface area contributed by atoms with Gasteiger partial charge in [-0.2, -0.15) is 0 Å². The van der Waals surface area contributed by atoms with Gasteiger partial charge in [-0.3, -0.25) is 0 Å². The molecule has 3 nitrogen and oxygen atoms in total. The minimum Gasteiger partial charge on any atom is -0.508 e. The first kappa shape index (κ1) is 13.1. The molecule has 0 saturated heterocycles. The Hall–Kier alpha value is -2.30. The number of benzene rings is 2. The number of hydrogen-bond acceptors (Lipinski definition) is 3. The van der Waals surface area contributed by atoms with Crippen molar-refractivity contribution in [2.45, 2.75) is 13.0 Å². The second-order valence-corrected chi connectivity index (χ2v) is 4.25. The molecule has 2 aromatic rings. The van der Waals surface area contributed by atoms with E-state index in [0.717, 1.165) is 12.1 Å². The van der Waals surface area contributed by atoms with E-state index in [0.29, 0.717) is 5.56 Å². The van der Waals surface area contributed by atoms with E-state index in [-0.39, 0.29) is 17.2 Å². The van der Waals surface area contributed by atoms with Gasteiger partial charge in [0.25, 0.3) is 0 Å². The van der Waals surface area contributed by atoms with Gasteiger partial charge >= 0.3 is 0 Å². The van der Waals surface area contributed by atoms with Crippen LogP contribution in [0.25, 0.3) is 0 Å². The van der Waals surface area contributed by atoms with Crippen molar-refractivity contribution in [1.82, 2.24) is 0 Å². The number of anilines is 1. The predicted octanol–water partition coefficient (Wildman–Crippen LogP) is 3.55. The average molecular weight is 265 g/mol. The SMILES string of the molecule is CC(Nc1c(F)cccc1F)c1cc(O)cc(O)c1. The normalized spacial score (nSPS) is 12.2. The molecule has 0 aliphatic carbocycles. The van der Waals surface area contributed by atoms with Crippen molar-refractivity contribution in [2.75, 3.05) is 5.32 Å². The number of phenolic OH excluding ortho intramolecular Hbond substituents is 2. The quantitative estimate of drug-likeness (QED) is 0.795. The third-order valence-corrected chi connectivity index (χ3v) is 2.75. The van der Waals surface area contributed by atoms with Crippen LogP contribution in [0.3, 0.4) is 0 Å². The first-order valence-corrected chi connectivity index (χ1v) is 5.71. The Morgan fingerprint density at radius 3 is 2.05 bits per heavy atom. The van der Waals surface area contributed by atoms with Gasteiger partial charge in [-0.05, 0) is 36.8 Å². The summed E-state index contributed by atoms with van der Waals surface area (Å²) in [4.78, 5) is 0. The molecule has 0 heterocycles. The van der Waals surface area contributed by atoms with E-state index in [9.17, 15) is 19.0 Å². The molecule has 0 aromatic heterocycles. The molecule has 0 amide bonds.